The monoisotopic (exact) mass is 342 g/mol. The van der Waals surface area contributed by atoms with E-state index < -0.39 is 23.8 Å². The Hall–Kier alpha value is -2.63. The maximum absolute atomic E-state index is 13.2. The first-order valence-corrected chi connectivity index (χ1v) is 8.35. The number of carbonyl (C=O) groups excluding carboxylic acids is 3. The average Bonchev–Trinajstić information content (AvgIpc) is 3.23. The fourth-order valence-electron chi connectivity index (χ4n) is 3.94. The fraction of sp³-hybridized carbons (Fsp3) is 0.421. The van der Waals surface area contributed by atoms with Crippen LogP contribution in [0, 0.1) is 23.7 Å². The predicted molar refractivity (Wildman–Crippen MR) is 88.2 cm³/mol. The topological polar surface area (TPSA) is 86.7 Å². The van der Waals surface area contributed by atoms with Crippen molar-refractivity contribution in [2.24, 2.45) is 23.7 Å². The van der Waals surface area contributed by atoms with Gasteiger partial charge >= 0.3 is 5.97 Å². The summed E-state index contributed by atoms with van der Waals surface area (Å²) in [6, 6.07) is 8.96. The van der Waals surface area contributed by atoms with E-state index >= 15 is 0 Å². The van der Waals surface area contributed by atoms with Gasteiger partial charge in [0.15, 0.2) is 0 Å². The summed E-state index contributed by atoms with van der Waals surface area (Å²) in [6.07, 6.45) is 4.50. The fourth-order valence-corrected chi connectivity index (χ4v) is 3.94. The van der Waals surface area contributed by atoms with Crippen molar-refractivity contribution in [1.29, 1.82) is 0 Å². The number of benzene rings is 1. The van der Waals surface area contributed by atoms with Gasteiger partial charge in [0.2, 0.25) is 5.91 Å². The SMILES string of the molecule is COC(=O)CCN(C(=O)[C@@H]1[C@H](C(=O)[O-])[C@H]2C=C[C@@H]1C2)c1ccccc1. The van der Waals surface area contributed by atoms with Gasteiger partial charge < -0.3 is 19.5 Å². The van der Waals surface area contributed by atoms with Crippen molar-refractivity contribution in [3.63, 3.8) is 0 Å². The number of aliphatic carboxylic acids is 1. The average molecular weight is 342 g/mol. The number of methoxy groups -OCH3 is 1. The minimum Gasteiger partial charge on any atom is -0.550 e. The maximum Gasteiger partial charge on any atom is 0.307 e. The van der Waals surface area contributed by atoms with Gasteiger partial charge in [0.05, 0.1) is 19.4 Å². The Labute approximate surface area is 146 Å². The van der Waals surface area contributed by atoms with Crippen LogP contribution in [0.5, 0.6) is 0 Å². The van der Waals surface area contributed by atoms with Crippen molar-refractivity contribution < 1.29 is 24.2 Å². The number of ether oxygens (including phenoxy) is 1. The van der Waals surface area contributed by atoms with E-state index in [1.165, 1.54) is 12.0 Å². The molecule has 4 atom stereocenters. The van der Waals surface area contributed by atoms with Gasteiger partial charge in [0.25, 0.3) is 0 Å². The van der Waals surface area contributed by atoms with Crippen LogP contribution in [-0.2, 0) is 19.1 Å². The first kappa shape index (κ1) is 17.2. The number of hydrogen-bond acceptors (Lipinski definition) is 5. The molecule has 6 heteroatoms. The van der Waals surface area contributed by atoms with Gasteiger partial charge in [0, 0.05) is 24.1 Å². The van der Waals surface area contributed by atoms with Crippen molar-refractivity contribution in [3.8, 4) is 0 Å². The summed E-state index contributed by atoms with van der Waals surface area (Å²) in [5, 5.41) is 11.6. The number of carboxylic acids is 1. The van der Waals surface area contributed by atoms with Crippen molar-refractivity contribution in [2.75, 3.05) is 18.6 Å². The van der Waals surface area contributed by atoms with Crippen molar-refractivity contribution in [3.05, 3.63) is 42.5 Å². The third kappa shape index (κ3) is 3.29. The normalized spacial score (nSPS) is 26.4. The molecule has 25 heavy (non-hydrogen) atoms. The molecule has 1 amide bonds. The third-order valence-corrected chi connectivity index (χ3v) is 5.12. The highest BCUT2D eigenvalue weighted by molar-refractivity contribution is 5.98. The van der Waals surface area contributed by atoms with E-state index in [1.807, 2.05) is 18.2 Å². The van der Waals surface area contributed by atoms with E-state index in [0.717, 1.165) is 0 Å². The van der Waals surface area contributed by atoms with Crippen molar-refractivity contribution >= 4 is 23.5 Å². The van der Waals surface area contributed by atoms with Crippen molar-refractivity contribution in [1.82, 2.24) is 0 Å². The number of esters is 1. The Kier molecular flexibility index (Phi) is 4.88. The summed E-state index contributed by atoms with van der Waals surface area (Å²) in [5.41, 5.74) is 0.639. The van der Waals surface area contributed by atoms with Crippen LogP contribution in [0.3, 0.4) is 0 Å². The van der Waals surface area contributed by atoms with Gasteiger partial charge in [0.1, 0.15) is 0 Å². The molecule has 2 aliphatic rings. The summed E-state index contributed by atoms with van der Waals surface area (Å²) in [4.78, 5) is 37.8. The Morgan fingerprint density at radius 2 is 1.76 bits per heavy atom. The number of carbonyl (C=O) groups is 3. The highest BCUT2D eigenvalue weighted by Crippen LogP contribution is 2.48. The molecule has 132 valence electrons. The third-order valence-electron chi connectivity index (χ3n) is 5.12. The molecule has 0 aliphatic heterocycles. The molecule has 1 saturated carbocycles. The van der Waals surface area contributed by atoms with Crippen LogP contribution in [0.1, 0.15) is 12.8 Å². The second-order valence-electron chi connectivity index (χ2n) is 6.47. The molecule has 6 nitrogen and oxygen atoms in total. The van der Waals surface area contributed by atoms with Gasteiger partial charge in [-0.25, -0.2) is 0 Å². The lowest BCUT2D eigenvalue weighted by atomic mass is 9.82. The van der Waals surface area contributed by atoms with E-state index in [0.29, 0.717) is 12.1 Å². The highest BCUT2D eigenvalue weighted by atomic mass is 16.5. The van der Waals surface area contributed by atoms with Crippen LogP contribution >= 0.6 is 0 Å². The standard InChI is InChI=1S/C19H21NO5/c1-25-15(21)9-10-20(14-5-3-2-4-6-14)18(22)16-12-7-8-13(11-12)17(16)19(23)24/h2-8,12-13,16-17H,9-11H2,1H3,(H,23,24)/p-1/t12-,13+,16+,17-/m1/s1. The Bertz CT molecular complexity index is 699. The van der Waals surface area contributed by atoms with Crippen LogP contribution in [0.4, 0.5) is 5.69 Å². The molecular formula is C19H20NO5-. The molecular weight excluding hydrogens is 322 g/mol. The number of fused-ring (bicyclic) bond motifs is 2. The number of carboxylic acid groups (broad SMARTS) is 1. The quantitative estimate of drug-likeness (QED) is 0.563. The predicted octanol–water partition coefficient (Wildman–Crippen LogP) is 0.771. The van der Waals surface area contributed by atoms with E-state index in [2.05, 4.69) is 4.74 Å². The molecule has 1 aromatic carbocycles. The van der Waals surface area contributed by atoms with Gasteiger partial charge in [-0.05, 0) is 30.4 Å². The number of para-hydroxylation sites is 1. The molecule has 0 heterocycles. The zero-order valence-corrected chi connectivity index (χ0v) is 14.0. The Balaban J connectivity index is 1.87. The zero-order valence-electron chi connectivity index (χ0n) is 14.0. The molecule has 2 aliphatic carbocycles. The van der Waals surface area contributed by atoms with Gasteiger partial charge in [-0.15, -0.1) is 0 Å². The molecule has 1 aromatic rings. The van der Waals surface area contributed by atoms with Gasteiger partial charge in [-0.1, -0.05) is 30.4 Å². The minimum absolute atomic E-state index is 0.0454. The molecule has 2 bridgehead atoms. The van der Waals surface area contributed by atoms with E-state index in [4.69, 9.17) is 0 Å². The second-order valence-corrected chi connectivity index (χ2v) is 6.47. The van der Waals surface area contributed by atoms with Gasteiger partial charge in [-0.2, -0.15) is 0 Å². The van der Waals surface area contributed by atoms with Crippen LogP contribution < -0.4 is 10.0 Å². The number of amides is 1. The molecule has 0 N–H and O–H groups in total. The summed E-state index contributed by atoms with van der Waals surface area (Å²) in [7, 11) is 1.30. The lowest BCUT2D eigenvalue weighted by Crippen LogP contribution is -2.47. The first-order chi connectivity index (χ1) is 12.0. The number of allylic oxidation sites excluding steroid dienone is 2. The van der Waals surface area contributed by atoms with Crippen LogP contribution in [0.25, 0.3) is 0 Å². The molecule has 0 aromatic heterocycles. The van der Waals surface area contributed by atoms with Crippen LogP contribution in [0.15, 0.2) is 42.5 Å². The summed E-state index contributed by atoms with van der Waals surface area (Å²) < 4.78 is 4.66. The van der Waals surface area contributed by atoms with Crippen LogP contribution in [-0.4, -0.2) is 31.5 Å². The van der Waals surface area contributed by atoms with Crippen LogP contribution in [0.2, 0.25) is 0 Å². The zero-order chi connectivity index (χ0) is 18.0. The smallest absolute Gasteiger partial charge is 0.307 e. The Morgan fingerprint density at radius 1 is 1.12 bits per heavy atom. The van der Waals surface area contributed by atoms with E-state index in [-0.39, 0.29) is 30.7 Å². The maximum atomic E-state index is 13.2. The van der Waals surface area contributed by atoms with Gasteiger partial charge in [-0.3, -0.25) is 9.59 Å². The number of rotatable bonds is 6. The first-order valence-electron chi connectivity index (χ1n) is 8.35. The molecule has 1 fully saturated rings. The van der Waals surface area contributed by atoms with Crippen molar-refractivity contribution in [2.45, 2.75) is 12.8 Å². The largest absolute Gasteiger partial charge is 0.550 e. The molecule has 0 spiro atoms. The number of nitrogens with zero attached hydrogens (tertiary/aromatic N) is 1. The molecule has 3 rings (SSSR count). The molecule has 0 unspecified atom stereocenters. The minimum atomic E-state index is -1.18. The number of hydrogen-bond donors (Lipinski definition) is 0. The molecule has 0 radical (unpaired) electrons. The summed E-state index contributed by atoms with van der Waals surface area (Å²) >= 11 is 0. The summed E-state index contributed by atoms with van der Waals surface area (Å²) in [6.45, 7) is 0.146. The molecule has 0 saturated heterocycles. The Morgan fingerprint density at radius 3 is 2.36 bits per heavy atom. The highest BCUT2D eigenvalue weighted by Gasteiger charge is 2.50. The van der Waals surface area contributed by atoms with E-state index in [9.17, 15) is 19.5 Å². The lowest BCUT2D eigenvalue weighted by Gasteiger charge is -2.33. The lowest BCUT2D eigenvalue weighted by molar-refractivity contribution is -0.313. The second kappa shape index (κ2) is 7.09. The summed E-state index contributed by atoms with van der Waals surface area (Å²) in [5.74, 6) is -3.59. The van der Waals surface area contributed by atoms with E-state index in [1.54, 1.807) is 24.3 Å². The number of anilines is 1.